The Hall–Kier alpha value is -4.58. The van der Waals surface area contributed by atoms with E-state index in [1.54, 1.807) is 29.3 Å². The van der Waals surface area contributed by atoms with Crippen LogP contribution in [0.15, 0.2) is 54.7 Å². The van der Waals surface area contributed by atoms with Gasteiger partial charge in [-0.2, -0.15) is 4.98 Å². The molecule has 0 aliphatic carbocycles. The lowest BCUT2D eigenvalue weighted by Gasteiger charge is -2.41. The minimum atomic E-state index is -0.708. The third-order valence-electron chi connectivity index (χ3n) is 7.41. The fourth-order valence-electron chi connectivity index (χ4n) is 5.29. The molecule has 42 heavy (non-hydrogen) atoms. The average molecular weight is 578 g/mol. The second kappa shape index (κ2) is 12.5. The second-order valence-corrected chi connectivity index (χ2v) is 9.90. The van der Waals surface area contributed by atoms with E-state index in [1.807, 2.05) is 30.0 Å². The zero-order valence-electron chi connectivity index (χ0n) is 23.7. The van der Waals surface area contributed by atoms with E-state index in [0.717, 1.165) is 5.56 Å². The number of nitrogens with zero attached hydrogens (tertiary/aromatic N) is 5. The first-order chi connectivity index (χ1) is 20.3. The number of nitrogen functional groups attached to an aromatic ring is 1. The van der Waals surface area contributed by atoms with Crippen molar-refractivity contribution in [3.05, 3.63) is 77.6 Å². The number of amides is 1. The maximum atomic E-state index is 15.5. The van der Waals surface area contributed by atoms with Gasteiger partial charge in [0.1, 0.15) is 17.2 Å². The van der Waals surface area contributed by atoms with Crippen LogP contribution in [-0.4, -0.2) is 66.2 Å². The minimum absolute atomic E-state index is 0.00112. The number of fused-ring (bicyclic) bond motifs is 1. The Kier molecular flexibility index (Phi) is 8.62. The number of halogens is 2. The number of hydrogen-bond donors (Lipinski definition) is 2. The Morgan fingerprint density at radius 2 is 1.90 bits per heavy atom. The molecule has 2 aromatic heterocycles. The first kappa shape index (κ1) is 28.9. The number of ether oxygens (including phenoxy) is 2. The first-order valence-electron chi connectivity index (χ1n) is 13.7. The van der Waals surface area contributed by atoms with Crippen LogP contribution < -0.4 is 25.4 Å². The lowest BCUT2D eigenvalue weighted by atomic mass is 10.0. The smallest absolute Gasteiger partial charge is 0.228 e. The van der Waals surface area contributed by atoms with Crippen molar-refractivity contribution in [2.45, 2.75) is 25.4 Å². The highest BCUT2D eigenvalue weighted by Crippen LogP contribution is 2.38. The number of rotatable bonds is 9. The molecule has 12 heteroatoms. The summed E-state index contributed by atoms with van der Waals surface area (Å²) in [5.74, 6) is -0.703. The molecule has 0 saturated carbocycles. The molecule has 220 valence electrons. The third-order valence-corrected chi connectivity index (χ3v) is 7.41. The normalized spacial score (nSPS) is 16.0. The molecule has 2 atom stereocenters. The lowest BCUT2D eigenvalue weighted by molar-refractivity contribution is -0.132. The molecule has 4 aromatic rings. The summed E-state index contributed by atoms with van der Waals surface area (Å²) in [7, 11) is 2.76. The van der Waals surface area contributed by atoms with Crippen molar-refractivity contribution in [1.82, 2.24) is 25.2 Å². The van der Waals surface area contributed by atoms with Crippen LogP contribution in [-0.2, 0) is 4.79 Å². The van der Waals surface area contributed by atoms with Gasteiger partial charge in [-0.25, -0.2) is 13.8 Å². The summed E-state index contributed by atoms with van der Waals surface area (Å²) in [5, 5.41) is 3.63. The largest absolute Gasteiger partial charge is 0.493 e. The minimum Gasteiger partial charge on any atom is -0.493 e. The Labute approximate surface area is 242 Å². The topological polar surface area (TPSA) is 119 Å². The van der Waals surface area contributed by atoms with Gasteiger partial charge in [0, 0.05) is 43.7 Å². The predicted octanol–water partition coefficient (Wildman–Crippen LogP) is 4.03. The van der Waals surface area contributed by atoms with Crippen molar-refractivity contribution in [2.24, 2.45) is 0 Å². The van der Waals surface area contributed by atoms with Crippen LogP contribution in [0.1, 0.15) is 36.7 Å². The quantitative estimate of drug-likeness (QED) is 0.304. The van der Waals surface area contributed by atoms with E-state index in [4.69, 9.17) is 15.2 Å². The van der Waals surface area contributed by atoms with Crippen molar-refractivity contribution in [2.75, 3.05) is 51.0 Å². The number of methoxy groups -OCH3 is 2. The van der Waals surface area contributed by atoms with E-state index >= 15 is 4.39 Å². The van der Waals surface area contributed by atoms with E-state index in [1.165, 1.54) is 26.4 Å². The van der Waals surface area contributed by atoms with Crippen molar-refractivity contribution in [1.29, 1.82) is 0 Å². The number of nitrogens with two attached hydrogens (primary N) is 1. The average Bonchev–Trinajstić information content (AvgIpc) is 3.01. The summed E-state index contributed by atoms with van der Waals surface area (Å²) in [5.41, 5.74) is 7.84. The van der Waals surface area contributed by atoms with Gasteiger partial charge in [0.2, 0.25) is 11.9 Å². The van der Waals surface area contributed by atoms with Gasteiger partial charge in [0.05, 0.1) is 26.0 Å². The van der Waals surface area contributed by atoms with Crippen molar-refractivity contribution < 1.29 is 23.0 Å². The molecular weight excluding hydrogens is 544 g/mol. The first-order valence-corrected chi connectivity index (χ1v) is 13.7. The van der Waals surface area contributed by atoms with Crippen molar-refractivity contribution in [3.63, 3.8) is 0 Å². The number of carbonyl (C=O) groups excluding carboxylic acids is 1. The molecule has 3 heterocycles. The Bertz CT molecular complexity index is 1560. The number of anilines is 2. The Morgan fingerprint density at radius 3 is 2.57 bits per heavy atom. The van der Waals surface area contributed by atoms with E-state index in [2.05, 4.69) is 20.3 Å². The molecule has 0 spiro atoms. The summed E-state index contributed by atoms with van der Waals surface area (Å²) >= 11 is 0. The summed E-state index contributed by atoms with van der Waals surface area (Å²) < 4.78 is 39.5. The highest BCUT2D eigenvalue weighted by Gasteiger charge is 2.34. The molecule has 10 nitrogen and oxygen atoms in total. The maximum absolute atomic E-state index is 15.5. The summed E-state index contributed by atoms with van der Waals surface area (Å²) in [4.78, 5) is 30.9. The molecule has 5 rings (SSSR count). The van der Waals surface area contributed by atoms with Crippen LogP contribution in [0, 0.1) is 11.6 Å². The molecule has 0 bridgehead atoms. The van der Waals surface area contributed by atoms with Crippen LogP contribution in [0.5, 0.6) is 11.5 Å². The van der Waals surface area contributed by atoms with Crippen LogP contribution in [0.2, 0.25) is 0 Å². The fourth-order valence-corrected chi connectivity index (χ4v) is 5.29. The molecule has 2 unspecified atom stereocenters. The molecule has 1 amide bonds. The van der Waals surface area contributed by atoms with Crippen LogP contribution in [0.3, 0.4) is 0 Å². The number of piperazine rings is 1. The fraction of sp³-hybridized carbons (Fsp3) is 0.333. The summed E-state index contributed by atoms with van der Waals surface area (Å²) in [6.07, 6.45) is 1.87. The Morgan fingerprint density at radius 1 is 1.12 bits per heavy atom. The highest BCUT2D eigenvalue weighted by atomic mass is 19.1. The van der Waals surface area contributed by atoms with Gasteiger partial charge in [0.25, 0.3) is 0 Å². The monoisotopic (exact) mass is 577 g/mol. The lowest BCUT2D eigenvalue weighted by Crippen LogP contribution is -2.51. The number of hydrogen-bond acceptors (Lipinski definition) is 9. The molecule has 1 aliphatic rings. The van der Waals surface area contributed by atoms with Gasteiger partial charge in [-0.05, 0) is 42.4 Å². The molecular formula is C30H33F2N7O3. The van der Waals surface area contributed by atoms with Crippen LogP contribution >= 0.6 is 0 Å². The number of carbonyl (C=O) groups is 1. The van der Waals surface area contributed by atoms with Crippen LogP contribution in [0.25, 0.3) is 10.9 Å². The molecule has 1 saturated heterocycles. The van der Waals surface area contributed by atoms with Crippen LogP contribution in [0.4, 0.5) is 20.5 Å². The summed E-state index contributed by atoms with van der Waals surface area (Å²) in [6.45, 7) is 3.64. The predicted molar refractivity (Wildman–Crippen MR) is 155 cm³/mol. The molecule has 0 radical (unpaired) electrons. The zero-order valence-corrected chi connectivity index (χ0v) is 23.7. The SMILES string of the molecule is CCNC(CC(=O)N1CCN(c2nc(N)c3cc(OC)c(OC)c(F)c3n2)C(c2ccccn2)C1)c1ccc(F)cc1. The number of pyridine rings is 1. The standard InChI is InChI=1S/C30H33F2N7O3/c1-4-34-22(18-8-10-19(31)11-9-18)16-25(40)38-13-14-39(23(17-38)21-7-5-6-12-35-21)30-36-27-20(29(33)37-30)15-24(41-2)28(42-3)26(27)32/h5-12,15,22-23,34H,4,13-14,16-17H2,1-3H3,(H2,33,36,37). The molecule has 3 N–H and O–H groups in total. The Balaban J connectivity index is 1.46. The second-order valence-electron chi connectivity index (χ2n) is 9.90. The zero-order chi connectivity index (χ0) is 29.8. The van der Waals surface area contributed by atoms with Gasteiger partial charge in [-0.1, -0.05) is 25.1 Å². The molecule has 1 fully saturated rings. The number of nitrogens with one attached hydrogen (secondary N) is 1. The number of aromatic nitrogens is 3. The van der Waals surface area contributed by atoms with Gasteiger partial charge in [-0.15, -0.1) is 0 Å². The van der Waals surface area contributed by atoms with E-state index in [-0.39, 0.29) is 53.0 Å². The van der Waals surface area contributed by atoms with E-state index < -0.39 is 11.9 Å². The molecule has 1 aliphatic heterocycles. The van der Waals surface area contributed by atoms with E-state index in [0.29, 0.717) is 37.3 Å². The van der Waals surface area contributed by atoms with Gasteiger partial charge >= 0.3 is 0 Å². The molecule has 2 aromatic carbocycles. The maximum Gasteiger partial charge on any atom is 0.228 e. The van der Waals surface area contributed by atoms with Gasteiger partial charge in [-0.3, -0.25) is 9.78 Å². The number of benzene rings is 2. The van der Waals surface area contributed by atoms with Gasteiger partial charge in [0.15, 0.2) is 17.3 Å². The van der Waals surface area contributed by atoms with Crippen molar-refractivity contribution in [3.8, 4) is 11.5 Å². The van der Waals surface area contributed by atoms with E-state index in [9.17, 15) is 9.18 Å². The summed E-state index contributed by atoms with van der Waals surface area (Å²) in [6, 6.07) is 12.6. The van der Waals surface area contributed by atoms with Gasteiger partial charge < -0.3 is 30.3 Å². The highest BCUT2D eigenvalue weighted by molar-refractivity contribution is 5.92. The third kappa shape index (κ3) is 5.75. The van der Waals surface area contributed by atoms with Crippen molar-refractivity contribution >= 4 is 28.6 Å².